The minimum atomic E-state index is -0.414. The van der Waals surface area contributed by atoms with E-state index in [9.17, 15) is 0 Å². The number of hydrogen-bond acceptors (Lipinski definition) is 7. The monoisotopic (exact) mass is 542 g/mol. The van der Waals surface area contributed by atoms with Crippen molar-refractivity contribution in [1.82, 2.24) is 0 Å². The van der Waals surface area contributed by atoms with Crippen LogP contribution < -0.4 is 23.7 Å². The van der Waals surface area contributed by atoms with Crippen LogP contribution in [0.2, 0.25) is 0 Å². The van der Waals surface area contributed by atoms with Gasteiger partial charge < -0.3 is 33.2 Å². The molecule has 0 saturated carbocycles. The van der Waals surface area contributed by atoms with Gasteiger partial charge in [-0.2, -0.15) is 0 Å². The van der Waals surface area contributed by atoms with Gasteiger partial charge in [-0.25, -0.2) is 0 Å². The molecular weight excluding hydrogens is 508 g/mol. The average Bonchev–Trinajstić information content (AvgIpc) is 3.01. The van der Waals surface area contributed by atoms with E-state index in [2.05, 4.69) is 0 Å². The van der Waals surface area contributed by atoms with Crippen LogP contribution in [0.25, 0.3) is 0 Å². The first-order valence-corrected chi connectivity index (χ1v) is 13.2. The van der Waals surface area contributed by atoms with E-state index in [0.717, 1.165) is 28.0 Å². The summed E-state index contributed by atoms with van der Waals surface area (Å²) in [6.07, 6.45) is -0.109. The highest BCUT2D eigenvalue weighted by atomic mass is 16.7. The van der Waals surface area contributed by atoms with Crippen LogP contribution in [-0.4, -0.2) is 34.2 Å². The molecule has 0 N–H and O–H groups in total. The average molecular weight is 543 g/mol. The van der Waals surface area contributed by atoms with Gasteiger partial charge in [0.1, 0.15) is 31.9 Å². The van der Waals surface area contributed by atoms with E-state index in [1.54, 1.807) is 21.3 Å². The third kappa shape index (κ3) is 6.50. The number of ether oxygens (including phenoxy) is 7. The maximum Gasteiger partial charge on any atom is 0.164 e. The van der Waals surface area contributed by atoms with Crippen LogP contribution in [0.1, 0.15) is 28.4 Å². The summed E-state index contributed by atoms with van der Waals surface area (Å²) in [7, 11) is 4.84. The van der Waals surface area contributed by atoms with E-state index < -0.39 is 6.10 Å². The van der Waals surface area contributed by atoms with Gasteiger partial charge >= 0.3 is 0 Å². The van der Waals surface area contributed by atoms with Gasteiger partial charge in [0.2, 0.25) is 0 Å². The fourth-order valence-corrected chi connectivity index (χ4v) is 4.70. The van der Waals surface area contributed by atoms with E-state index in [0.29, 0.717) is 42.6 Å². The highest BCUT2D eigenvalue weighted by Crippen LogP contribution is 2.44. The smallest absolute Gasteiger partial charge is 0.164 e. The van der Waals surface area contributed by atoms with E-state index in [4.69, 9.17) is 33.2 Å². The molecule has 0 spiro atoms. The zero-order chi connectivity index (χ0) is 27.7. The Morgan fingerprint density at radius 2 is 1.30 bits per heavy atom. The van der Waals surface area contributed by atoms with Crippen LogP contribution in [0.15, 0.2) is 91.0 Å². The molecule has 2 atom stereocenters. The van der Waals surface area contributed by atoms with Gasteiger partial charge in [0, 0.05) is 25.2 Å². The molecular formula is C33H34O7. The van der Waals surface area contributed by atoms with Gasteiger partial charge in [-0.05, 0) is 34.9 Å². The lowest BCUT2D eigenvalue weighted by Gasteiger charge is -2.34. The van der Waals surface area contributed by atoms with Gasteiger partial charge in [0.25, 0.3) is 0 Å². The minimum Gasteiger partial charge on any atom is -0.493 e. The standard InChI is InChI=1S/C33H34O7/c1-34-22-39-32-18-26-17-29(35-2)30(36-3)19-28(26)40-33(32)25-14-15-27(37-20-23-10-6-4-7-11-23)31(16-25)38-21-24-12-8-5-9-13-24/h4-17,19,32-33H,18,20-22H2,1-3H3/t32-,33-/m0/s1. The first-order chi connectivity index (χ1) is 19.7. The summed E-state index contributed by atoms with van der Waals surface area (Å²) in [5, 5.41) is 0. The molecule has 0 saturated heterocycles. The molecule has 7 heteroatoms. The zero-order valence-electron chi connectivity index (χ0n) is 23.0. The second-order valence-corrected chi connectivity index (χ2v) is 9.42. The van der Waals surface area contributed by atoms with Gasteiger partial charge in [-0.3, -0.25) is 0 Å². The summed E-state index contributed by atoms with van der Waals surface area (Å²) in [6.45, 7) is 0.972. The number of methoxy groups -OCH3 is 3. The molecule has 0 unspecified atom stereocenters. The lowest BCUT2D eigenvalue weighted by Crippen LogP contribution is -2.33. The summed E-state index contributed by atoms with van der Waals surface area (Å²) in [5.74, 6) is 3.25. The molecule has 1 heterocycles. The van der Waals surface area contributed by atoms with Crippen molar-refractivity contribution >= 4 is 0 Å². The molecule has 1 aliphatic heterocycles. The number of benzene rings is 4. The molecule has 40 heavy (non-hydrogen) atoms. The predicted octanol–water partition coefficient (Wildman–Crippen LogP) is 6.53. The normalized spacial score (nSPS) is 16.0. The Kier molecular flexibility index (Phi) is 9.06. The Balaban J connectivity index is 1.46. The molecule has 0 aliphatic carbocycles. The Morgan fingerprint density at radius 3 is 1.93 bits per heavy atom. The first-order valence-electron chi connectivity index (χ1n) is 13.2. The van der Waals surface area contributed by atoms with Crippen molar-refractivity contribution in [2.75, 3.05) is 28.1 Å². The Labute approximate surface area is 235 Å². The molecule has 0 bridgehead atoms. The van der Waals surface area contributed by atoms with Crippen LogP contribution in [-0.2, 0) is 29.1 Å². The van der Waals surface area contributed by atoms with E-state index in [1.165, 1.54) is 0 Å². The van der Waals surface area contributed by atoms with Gasteiger partial charge in [-0.15, -0.1) is 0 Å². The lowest BCUT2D eigenvalue weighted by atomic mass is 9.94. The number of fused-ring (bicyclic) bond motifs is 1. The molecule has 7 nitrogen and oxygen atoms in total. The molecule has 4 aromatic carbocycles. The highest BCUT2D eigenvalue weighted by Gasteiger charge is 2.34. The maximum absolute atomic E-state index is 6.54. The van der Waals surface area contributed by atoms with Crippen molar-refractivity contribution < 1.29 is 33.2 Å². The summed E-state index contributed by atoms with van der Waals surface area (Å²) in [5.41, 5.74) is 4.01. The van der Waals surface area contributed by atoms with Crippen LogP contribution in [0, 0.1) is 0 Å². The van der Waals surface area contributed by atoms with E-state index >= 15 is 0 Å². The molecule has 5 rings (SSSR count). The Morgan fingerprint density at radius 1 is 0.675 bits per heavy atom. The van der Waals surface area contributed by atoms with Crippen molar-refractivity contribution in [3.63, 3.8) is 0 Å². The van der Waals surface area contributed by atoms with Crippen molar-refractivity contribution in [3.05, 3.63) is 113 Å². The SMILES string of the molecule is COCO[C@H]1Cc2cc(OC)c(OC)cc2O[C@H]1c1ccc(OCc2ccccc2)c(OCc2ccccc2)c1. The summed E-state index contributed by atoms with van der Waals surface area (Å²) >= 11 is 0. The fraction of sp³-hybridized carbons (Fsp3) is 0.273. The van der Waals surface area contributed by atoms with Crippen molar-refractivity contribution in [2.24, 2.45) is 0 Å². The van der Waals surface area contributed by atoms with Crippen LogP contribution in [0.5, 0.6) is 28.7 Å². The van der Waals surface area contributed by atoms with E-state index in [1.807, 2.05) is 91.0 Å². The van der Waals surface area contributed by atoms with Crippen molar-refractivity contribution in [1.29, 1.82) is 0 Å². The maximum atomic E-state index is 6.54. The molecule has 4 aromatic rings. The molecule has 0 fully saturated rings. The minimum absolute atomic E-state index is 0.142. The summed E-state index contributed by atoms with van der Waals surface area (Å²) < 4.78 is 41.4. The molecule has 0 amide bonds. The molecule has 208 valence electrons. The third-order valence-electron chi connectivity index (χ3n) is 6.75. The zero-order valence-corrected chi connectivity index (χ0v) is 23.0. The van der Waals surface area contributed by atoms with Crippen LogP contribution in [0.4, 0.5) is 0 Å². The van der Waals surface area contributed by atoms with Crippen molar-refractivity contribution in [2.45, 2.75) is 31.8 Å². The van der Waals surface area contributed by atoms with Crippen molar-refractivity contribution in [3.8, 4) is 28.7 Å². The second kappa shape index (κ2) is 13.2. The van der Waals surface area contributed by atoms with Gasteiger partial charge in [-0.1, -0.05) is 66.7 Å². The lowest BCUT2D eigenvalue weighted by molar-refractivity contribution is -0.112. The predicted molar refractivity (Wildman–Crippen MR) is 151 cm³/mol. The number of rotatable bonds is 12. The summed E-state index contributed by atoms with van der Waals surface area (Å²) in [4.78, 5) is 0. The second-order valence-electron chi connectivity index (χ2n) is 9.42. The summed E-state index contributed by atoms with van der Waals surface area (Å²) in [6, 6.07) is 29.8. The quantitative estimate of drug-likeness (QED) is 0.189. The highest BCUT2D eigenvalue weighted by molar-refractivity contribution is 5.53. The van der Waals surface area contributed by atoms with E-state index in [-0.39, 0.29) is 12.9 Å². The van der Waals surface area contributed by atoms with Gasteiger partial charge in [0.15, 0.2) is 29.1 Å². The Bertz CT molecular complexity index is 1370. The fourth-order valence-electron chi connectivity index (χ4n) is 4.70. The van der Waals surface area contributed by atoms with Gasteiger partial charge in [0.05, 0.1) is 14.2 Å². The first kappa shape index (κ1) is 27.4. The van der Waals surface area contributed by atoms with Crippen LogP contribution in [0.3, 0.4) is 0 Å². The largest absolute Gasteiger partial charge is 0.493 e. The topological polar surface area (TPSA) is 64.6 Å². The molecule has 0 radical (unpaired) electrons. The third-order valence-corrected chi connectivity index (χ3v) is 6.75. The Hall–Kier alpha value is -4.20. The number of hydrogen-bond donors (Lipinski definition) is 0. The molecule has 1 aliphatic rings. The van der Waals surface area contributed by atoms with Crippen LogP contribution >= 0.6 is 0 Å². The molecule has 0 aromatic heterocycles.